The van der Waals surface area contributed by atoms with Crippen molar-refractivity contribution < 1.29 is 14.4 Å². The molecule has 26 heavy (non-hydrogen) atoms. The van der Waals surface area contributed by atoms with Crippen LogP contribution >= 0.6 is 11.6 Å². The topological polar surface area (TPSA) is 66.5 Å². The summed E-state index contributed by atoms with van der Waals surface area (Å²) in [7, 11) is 0. The molecule has 0 saturated heterocycles. The summed E-state index contributed by atoms with van der Waals surface area (Å²) in [4.78, 5) is 37.0. The van der Waals surface area contributed by atoms with Crippen molar-refractivity contribution in [2.75, 3.05) is 11.9 Å². The highest BCUT2D eigenvalue weighted by atomic mass is 35.5. The zero-order valence-corrected chi connectivity index (χ0v) is 15.5. The highest BCUT2D eigenvalue weighted by Crippen LogP contribution is 2.17. The van der Waals surface area contributed by atoms with E-state index in [4.69, 9.17) is 11.6 Å². The number of carbonyl (C=O) groups is 3. The standard InChI is InChI=1S/C20H21ClN2O3/c1-14(24)16-7-5-8-18(12-16)22-20(26)10-11-23(15(2)25)13-17-6-3-4-9-19(17)21/h3-9,12H,10-11,13H2,1-2H3,(H,22,26). The molecule has 0 aliphatic rings. The van der Waals surface area contributed by atoms with E-state index >= 15 is 0 Å². The lowest BCUT2D eigenvalue weighted by Crippen LogP contribution is -2.31. The molecule has 0 spiro atoms. The smallest absolute Gasteiger partial charge is 0.226 e. The van der Waals surface area contributed by atoms with Gasteiger partial charge in [-0.05, 0) is 30.7 Å². The maximum absolute atomic E-state index is 12.2. The Bertz CT molecular complexity index is 820. The minimum atomic E-state index is -0.226. The molecule has 0 saturated carbocycles. The van der Waals surface area contributed by atoms with Crippen LogP contribution < -0.4 is 5.32 Å². The predicted molar refractivity (Wildman–Crippen MR) is 102 cm³/mol. The first kappa shape index (κ1) is 19.7. The molecule has 6 heteroatoms. The molecule has 0 atom stereocenters. The van der Waals surface area contributed by atoms with E-state index in [-0.39, 0.29) is 30.6 Å². The molecule has 0 unspecified atom stereocenters. The van der Waals surface area contributed by atoms with E-state index in [1.807, 2.05) is 18.2 Å². The van der Waals surface area contributed by atoms with Crippen molar-refractivity contribution in [1.29, 1.82) is 0 Å². The number of anilines is 1. The van der Waals surface area contributed by atoms with Crippen LogP contribution in [0.5, 0.6) is 0 Å². The summed E-state index contributed by atoms with van der Waals surface area (Å²) in [5.41, 5.74) is 1.92. The van der Waals surface area contributed by atoms with Crippen molar-refractivity contribution in [3.05, 3.63) is 64.7 Å². The number of carbonyl (C=O) groups excluding carboxylic acids is 3. The Kier molecular flexibility index (Phi) is 6.92. The van der Waals surface area contributed by atoms with E-state index in [1.165, 1.54) is 13.8 Å². The maximum atomic E-state index is 12.2. The summed E-state index contributed by atoms with van der Waals surface area (Å²) in [6, 6.07) is 14.1. The maximum Gasteiger partial charge on any atom is 0.226 e. The summed E-state index contributed by atoms with van der Waals surface area (Å²) >= 11 is 6.14. The van der Waals surface area contributed by atoms with E-state index in [0.29, 0.717) is 22.8 Å². The van der Waals surface area contributed by atoms with Crippen LogP contribution in [0.2, 0.25) is 5.02 Å². The van der Waals surface area contributed by atoms with E-state index in [1.54, 1.807) is 35.2 Å². The number of hydrogen-bond acceptors (Lipinski definition) is 3. The second kappa shape index (κ2) is 9.15. The number of amides is 2. The molecule has 0 radical (unpaired) electrons. The van der Waals surface area contributed by atoms with Crippen molar-refractivity contribution in [2.24, 2.45) is 0 Å². The minimum Gasteiger partial charge on any atom is -0.338 e. The number of rotatable bonds is 7. The monoisotopic (exact) mass is 372 g/mol. The van der Waals surface area contributed by atoms with E-state index in [0.717, 1.165) is 5.56 Å². The lowest BCUT2D eigenvalue weighted by atomic mass is 10.1. The molecule has 136 valence electrons. The zero-order chi connectivity index (χ0) is 19.1. The van der Waals surface area contributed by atoms with Crippen LogP contribution in [0.1, 0.15) is 36.2 Å². The van der Waals surface area contributed by atoms with Gasteiger partial charge in [-0.3, -0.25) is 14.4 Å². The van der Waals surface area contributed by atoms with Crippen LogP contribution in [0.3, 0.4) is 0 Å². The highest BCUT2D eigenvalue weighted by Gasteiger charge is 2.13. The van der Waals surface area contributed by atoms with Gasteiger partial charge in [0, 0.05) is 42.7 Å². The first-order chi connectivity index (χ1) is 12.4. The van der Waals surface area contributed by atoms with E-state index < -0.39 is 0 Å². The molecule has 5 nitrogen and oxygen atoms in total. The molecule has 0 aliphatic heterocycles. The van der Waals surface area contributed by atoms with Gasteiger partial charge in [-0.1, -0.05) is 41.9 Å². The average molecular weight is 373 g/mol. The molecular formula is C20H21ClN2O3. The third-order valence-corrected chi connectivity index (χ3v) is 4.29. The summed E-state index contributed by atoms with van der Waals surface area (Å²) in [6.45, 7) is 3.56. The molecule has 2 aromatic rings. The lowest BCUT2D eigenvalue weighted by molar-refractivity contribution is -0.129. The number of halogens is 1. The predicted octanol–water partition coefficient (Wildman–Crippen LogP) is 3.92. The fourth-order valence-corrected chi connectivity index (χ4v) is 2.65. The van der Waals surface area contributed by atoms with Gasteiger partial charge in [0.1, 0.15) is 0 Å². The first-order valence-corrected chi connectivity index (χ1v) is 8.64. The van der Waals surface area contributed by atoms with Crippen LogP contribution in [-0.2, 0) is 16.1 Å². The van der Waals surface area contributed by atoms with Gasteiger partial charge in [0.05, 0.1) is 0 Å². The van der Waals surface area contributed by atoms with Crippen LogP contribution in [0.4, 0.5) is 5.69 Å². The normalized spacial score (nSPS) is 10.3. The van der Waals surface area contributed by atoms with Crippen LogP contribution in [0, 0.1) is 0 Å². The Balaban J connectivity index is 1.95. The summed E-state index contributed by atoms with van der Waals surface area (Å²) in [6.07, 6.45) is 0.147. The SMILES string of the molecule is CC(=O)c1cccc(NC(=O)CCN(Cc2ccccc2Cl)C(C)=O)c1. The Morgan fingerprint density at radius 3 is 2.42 bits per heavy atom. The molecule has 0 bridgehead atoms. The van der Waals surface area contributed by atoms with Crippen LogP contribution in [-0.4, -0.2) is 29.0 Å². The molecule has 2 amide bonds. The van der Waals surface area contributed by atoms with Gasteiger partial charge in [0.15, 0.2) is 5.78 Å². The molecule has 0 heterocycles. The van der Waals surface area contributed by atoms with Crippen molar-refractivity contribution in [3.63, 3.8) is 0 Å². The summed E-state index contributed by atoms with van der Waals surface area (Å²) in [5.74, 6) is -0.420. The molecule has 0 aliphatic carbocycles. The van der Waals surface area contributed by atoms with Crippen molar-refractivity contribution in [1.82, 2.24) is 4.90 Å². The van der Waals surface area contributed by atoms with Gasteiger partial charge in [0.2, 0.25) is 11.8 Å². The van der Waals surface area contributed by atoms with Gasteiger partial charge in [0.25, 0.3) is 0 Å². The second-order valence-electron chi connectivity index (χ2n) is 5.97. The fraction of sp³-hybridized carbons (Fsp3) is 0.250. The van der Waals surface area contributed by atoms with Gasteiger partial charge >= 0.3 is 0 Å². The summed E-state index contributed by atoms with van der Waals surface area (Å²) < 4.78 is 0. The average Bonchev–Trinajstić information content (AvgIpc) is 2.60. The van der Waals surface area contributed by atoms with Crippen LogP contribution in [0.15, 0.2) is 48.5 Å². The van der Waals surface area contributed by atoms with Gasteiger partial charge in [-0.15, -0.1) is 0 Å². The largest absolute Gasteiger partial charge is 0.338 e. The first-order valence-electron chi connectivity index (χ1n) is 8.26. The Hall–Kier alpha value is -2.66. The number of nitrogens with one attached hydrogen (secondary N) is 1. The molecule has 0 fully saturated rings. The number of benzene rings is 2. The van der Waals surface area contributed by atoms with Gasteiger partial charge in [-0.25, -0.2) is 0 Å². The van der Waals surface area contributed by atoms with E-state index in [2.05, 4.69) is 5.32 Å². The van der Waals surface area contributed by atoms with Gasteiger partial charge < -0.3 is 10.2 Å². The lowest BCUT2D eigenvalue weighted by Gasteiger charge is -2.21. The molecule has 2 aromatic carbocycles. The van der Waals surface area contributed by atoms with Gasteiger partial charge in [-0.2, -0.15) is 0 Å². The Labute approximate surface area is 158 Å². The molecule has 1 N–H and O–H groups in total. The summed E-state index contributed by atoms with van der Waals surface area (Å²) in [5, 5.41) is 3.34. The highest BCUT2D eigenvalue weighted by molar-refractivity contribution is 6.31. The van der Waals surface area contributed by atoms with Crippen molar-refractivity contribution in [2.45, 2.75) is 26.8 Å². The van der Waals surface area contributed by atoms with E-state index in [9.17, 15) is 14.4 Å². The number of ketones is 1. The quantitative estimate of drug-likeness (QED) is 0.749. The third kappa shape index (κ3) is 5.70. The molecule has 0 aromatic heterocycles. The molecular weight excluding hydrogens is 352 g/mol. The minimum absolute atomic E-state index is 0.0661. The fourth-order valence-electron chi connectivity index (χ4n) is 2.46. The Morgan fingerprint density at radius 2 is 1.77 bits per heavy atom. The second-order valence-corrected chi connectivity index (χ2v) is 6.37. The van der Waals surface area contributed by atoms with Crippen molar-refractivity contribution >= 4 is 34.9 Å². The number of nitrogens with zero attached hydrogens (tertiary/aromatic N) is 1. The number of Topliss-reactive ketones (excluding diaryl/α,β-unsaturated/α-hetero) is 1. The van der Waals surface area contributed by atoms with Crippen molar-refractivity contribution in [3.8, 4) is 0 Å². The third-order valence-electron chi connectivity index (χ3n) is 3.93. The van der Waals surface area contributed by atoms with Crippen LogP contribution in [0.25, 0.3) is 0 Å². The zero-order valence-electron chi connectivity index (χ0n) is 14.8. The Morgan fingerprint density at radius 1 is 1.04 bits per heavy atom. The molecule has 2 rings (SSSR count). The number of hydrogen-bond donors (Lipinski definition) is 1.